The molecule has 130 valence electrons. The molecular weight excluding hydrogens is 304 g/mol. The summed E-state index contributed by atoms with van der Waals surface area (Å²) in [6, 6.07) is 10.2. The number of ether oxygens (including phenoxy) is 1. The third kappa shape index (κ3) is 5.12. The van der Waals surface area contributed by atoms with Crippen molar-refractivity contribution in [2.24, 2.45) is 0 Å². The molecule has 0 saturated carbocycles. The van der Waals surface area contributed by atoms with Crippen molar-refractivity contribution in [2.45, 2.75) is 19.9 Å². The normalized spacial score (nSPS) is 16.5. The maximum absolute atomic E-state index is 5.80. The van der Waals surface area contributed by atoms with E-state index in [4.69, 9.17) is 9.15 Å². The average molecular weight is 330 g/mol. The Morgan fingerprint density at radius 3 is 2.46 bits per heavy atom. The second-order valence-corrected chi connectivity index (χ2v) is 6.07. The third-order valence-electron chi connectivity index (χ3n) is 4.29. The highest BCUT2D eigenvalue weighted by Crippen LogP contribution is 2.11. The van der Waals surface area contributed by atoms with Crippen LogP contribution in [0.3, 0.4) is 0 Å². The van der Waals surface area contributed by atoms with E-state index in [-0.39, 0.29) is 0 Å². The monoisotopic (exact) mass is 330 g/mol. The molecule has 1 aliphatic heterocycles. The second kappa shape index (κ2) is 8.92. The molecule has 1 aromatic heterocycles. The Morgan fingerprint density at radius 2 is 1.71 bits per heavy atom. The van der Waals surface area contributed by atoms with Crippen molar-refractivity contribution >= 4 is 0 Å². The van der Waals surface area contributed by atoms with Gasteiger partial charge >= 0.3 is 0 Å². The molecule has 0 bridgehead atoms. The SMILES string of the molecule is CCOCCN1CCN(Cc2nnc(Cc3ccccc3)o2)CC1. The van der Waals surface area contributed by atoms with Crippen molar-refractivity contribution in [3.63, 3.8) is 0 Å². The fourth-order valence-corrected chi connectivity index (χ4v) is 2.89. The lowest BCUT2D eigenvalue weighted by Gasteiger charge is -2.33. The van der Waals surface area contributed by atoms with Gasteiger partial charge in [-0.15, -0.1) is 10.2 Å². The highest BCUT2D eigenvalue weighted by Gasteiger charge is 2.18. The van der Waals surface area contributed by atoms with Gasteiger partial charge in [-0.25, -0.2) is 0 Å². The molecule has 0 atom stereocenters. The van der Waals surface area contributed by atoms with E-state index in [9.17, 15) is 0 Å². The van der Waals surface area contributed by atoms with Crippen molar-refractivity contribution in [1.29, 1.82) is 0 Å². The Bertz CT molecular complexity index is 594. The minimum Gasteiger partial charge on any atom is -0.424 e. The van der Waals surface area contributed by atoms with E-state index in [1.54, 1.807) is 0 Å². The molecule has 0 unspecified atom stereocenters. The van der Waals surface area contributed by atoms with Gasteiger partial charge in [0.1, 0.15) is 0 Å². The Labute approximate surface area is 143 Å². The van der Waals surface area contributed by atoms with E-state index < -0.39 is 0 Å². The molecule has 3 rings (SSSR count). The maximum Gasteiger partial charge on any atom is 0.230 e. The highest BCUT2D eigenvalue weighted by molar-refractivity contribution is 5.17. The summed E-state index contributed by atoms with van der Waals surface area (Å²) in [5, 5.41) is 8.37. The summed E-state index contributed by atoms with van der Waals surface area (Å²) in [5.74, 6) is 1.40. The predicted molar refractivity (Wildman–Crippen MR) is 91.8 cm³/mol. The van der Waals surface area contributed by atoms with Crippen molar-refractivity contribution in [3.05, 3.63) is 47.7 Å². The van der Waals surface area contributed by atoms with Gasteiger partial charge in [0, 0.05) is 39.3 Å². The van der Waals surface area contributed by atoms with E-state index in [0.717, 1.165) is 52.5 Å². The van der Waals surface area contributed by atoms with E-state index >= 15 is 0 Å². The lowest BCUT2D eigenvalue weighted by Crippen LogP contribution is -2.46. The van der Waals surface area contributed by atoms with Crippen LogP contribution in [0.5, 0.6) is 0 Å². The van der Waals surface area contributed by atoms with Crippen LogP contribution < -0.4 is 0 Å². The molecule has 2 heterocycles. The Morgan fingerprint density at radius 1 is 1.00 bits per heavy atom. The smallest absolute Gasteiger partial charge is 0.230 e. The van der Waals surface area contributed by atoms with E-state index in [2.05, 4.69) is 32.1 Å². The minimum absolute atomic E-state index is 0.687. The number of hydrogen-bond acceptors (Lipinski definition) is 6. The van der Waals surface area contributed by atoms with Gasteiger partial charge < -0.3 is 9.15 Å². The largest absolute Gasteiger partial charge is 0.424 e. The summed E-state index contributed by atoms with van der Waals surface area (Å²) in [7, 11) is 0. The molecule has 0 amide bonds. The summed E-state index contributed by atoms with van der Waals surface area (Å²) < 4.78 is 11.2. The van der Waals surface area contributed by atoms with Crippen LogP contribution in [0.15, 0.2) is 34.7 Å². The zero-order valence-corrected chi connectivity index (χ0v) is 14.4. The molecule has 6 nitrogen and oxygen atoms in total. The highest BCUT2D eigenvalue weighted by atomic mass is 16.5. The van der Waals surface area contributed by atoms with Crippen LogP contribution in [-0.2, 0) is 17.7 Å². The number of nitrogens with zero attached hydrogens (tertiary/aromatic N) is 4. The van der Waals surface area contributed by atoms with Crippen molar-refractivity contribution in [3.8, 4) is 0 Å². The van der Waals surface area contributed by atoms with Gasteiger partial charge in [0.2, 0.25) is 11.8 Å². The first-order valence-corrected chi connectivity index (χ1v) is 8.71. The standard InChI is InChI=1S/C18H26N4O2/c1-2-23-13-12-21-8-10-22(11-9-21)15-18-20-19-17(24-18)14-16-6-4-3-5-7-16/h3-7H,2,8-15H2,1H3. The van der Waals surface area contributed by atoms with Crippen LogP contribution in [0.4, 0.5) is 0 Å². The predicted octanol–water partition coefficient (Wildman–Crippen LogP) is 1.81. The Balaban J connectivity index is 1.43. The average Bonchev–Trinajstić information content (AvgIpc) is 3.04. The summed E-state index contributed by atoms with van der Waals surface area (Å²) >= 11 is 0. The van der Waals surface area contributed by atoms with Crippen molar-refractivity contribution in [1.82, 2.24) is 20.0 Å². The molecule has 1 saturated heterocycles. The van der Waals surface area contributed by atoms with Crippen LogP contribution in [-0.4, -0.2) is 65.9 Å². The number of benzene rings is 1. The van der Waals surface area contributed by atoms with Crippen molar-refractivity contribution in [2.75, 3.05) is 45.9 Å². The molecule has 6 heteroatoms. The van der Waals surface area contributed by atoms with Crippen LogP contribution in [0.1, 0.15) is 24.3 Å². The number of hydrogen-bond donors (Lipinski definition) is 0. The fraction of sp³-hybridized carbons (Fsp3) is 0.556. The summed E-state index contributed by atoms with van der Waals surface area (Å²) in [4.78, 5) is 4.82. The van der Waals surface area contributed by atoms with Crippen molar-refractivity contribution < 1.29 is 9.15 Å². The van der Waals surface area contributed by atoms with Gasteiger partial charge in [-0.2, -0.15) is 0 Å². The van der Waals surface area contributed by atoms with Gasteiger partial charge in [0.15, 0.2) is 0 Å². The lowest BCUT2D eigenvalue weighted by atomic mass is 10.2. The van der Waals surface area contributed by atoms with E-state index in [0.29, 0.717) is 18.2 Å². The lowest BCUT2D eigenvalue weighted by molar-refractivity contribution is 0.0755. The summed E-state index contributed by atoms with van der Waals surface area (Å²) in [6.45, 7) is 9.60. The van der Waals surface area contributed by atoms with Gasteiger partial charge in [0.05, 0.1) is 19.6 Å². The molecule has 2 aromatic rings. The van der Waals surface area contributed by atoms with Gasteiger partial charge in [-0.3, -0.25) is 9.80 Å². The molecule has 1 aromatic carbocycles. The van der Waals surface area contributed by atoms with E-state index in [1.807, 2.05) is 25.1 Å². The Kier molecular flexibility index (Phi) is 6.34. The van der Waals surface area contributed by atoms with Crippen LogP contribution >= 0.6 is 0 Å². The van der Waals surface area contributed by atoms with Crippen LogP contribution in [0.2, 0.25) is 0 Å². The van der Waals surface area contributed by atoms with Gasteiger partial charge in [-0.05, 0) is 12.5 Å². The fourth-order valence-electron chi connectivity index (χ4n) is 2.89. The van der Waals surface area contributed by atoms with Gasteiger partial charge in [0.25, 0.3) is 0 Å². The molecule has 0 N–H and O–H groups in total. The minimum atomic E-state index is 0.687. The zero-order valence-electron chi connectivity index (χ0n) is 14.4. The number of rotatable bonds is 8. The topological polar surface area (TPSA) is 54.6 Å². The number of aromatic nitrogens is 2. The molecule has 1 fully saturated rings. The first kappa shape index (κ1) is 17.1. The summed E-state index contributed by atoms with van der Waals surface area (Å²) in [6.07, 6.45) is 0.693. The first-order chi connectivity index (χ1) is 11.8. The maximum atomic E-state index is 5.80. The quantitative estimate of drug-likeness (QED) is 0.688. The molecule has 0 aliphatic carbocycles. The van der Waals surface area contributed by atoms with Crippen LogP contribution in [0.25, 0.3) is 0 Å². The molecule has 0 spiro atoms. The number of piperazine rings is 1. The van der Waals surface area contributed by atoms with Gasteiger partial charge in [-0.1, -0.05) is 30.3 Å². The molecule has 0 radical (unpaired) electrons. The third-order valence-corrected chi connectivity index (χ3v) is 4.29. The first-order valence-electron chi connectivity index (χ1n) is 8.71. The molecule has 1 aliphatic rings. The van der Waals surface area contributed by atoms with E-state index in [1.165, 1.54) is 5.56 Å². The molecule has 24 heavy (non-hydrogen) atoms. The molecular formula is C18H26N4O2. The Hall–Kier alpha value is -1.76. The summed E-state index contributed by atoms with van der Waals surface area (Å²) in [5.41, 5.74) is 1.19. The van der Waals surface area contributed by atoms with Crippen LogP contribution in [0, 0.1) is 0 Å². The second-order valence-electron chi connectivity index (χ2n) is 6.07. The zero-order chi connectivity index (χ0) is 16.6.